The van der Waals surface area contributed by atoms with Gasteiger partial charge in [0.1, 0.15) is 11.4 Å². The van der Waals surface area contributed by atoms with Crippen molar-refractivity contribution >= 4 is 40.7 Å². The van der Waals surface area contributed by atoms with Crippen LogP contribution in [0.4, 0.5) is 18.9 Å². The first-order chi connectivity index (χ1) is 31.6. The zero-order valence-electron chi connectivity index (χ0n) is 38.0. The standard InChI is InChI=1S/C46H63N5O7S.C2HF3O2/c1-33(2)40-28-37(31-59-40)45(55)50-23-26-58-46(32-50)16-20-49(21-17-46)29-35-8-6-7-34(27-35)14-24-56-25-15-42(54)51(38-9-4-3-5-10-38)22-19-47-18-13-36-11-12-39(52)43-44(36)57-30-41(53)48-43;3-2(4,5)1(6)7/h6-8,11-12,27-28,31,33,38,47,52H,3-5,9-10,13-26,29-30,32H2,1-2H3,(H,48,53);(H,6,7). The maximum Gasteiger partial charge on any atom is 0.490 e. The first-order valence-electron chi connectivity index (χ1n) is 23.1. The van der Waals surface area contributed by atoms with Crippen molar-refractivity contribution in [3.8, 4) is 11.5 Å². The molecule has 7 rings (SSSR count). The summed E-state index contributed by atoms with van der Waals surface area (Å²) in [6.45, 7) is 11.9. The summed E-state index contributed by atoms with van der Waals surface area (Å²) < 4.78 is 49.8. The lowest BCUT2D eigenvalue weighted by Crippen LogP contribution is -2.57. The molecule has 66 heavy (non-hydrogen) atoms. The van der Waals surface area contributed by atoms with Gasteiger partial charge in [-0.15, -0.1) is 11.3 Å². The summed E-state index contributed by atoms with van der Waals surface area (Å²) in [6.07, 6.45) is 4.22. The Morgan fingerprint density at radius 3 is 2.47 bits per heavy atom. The maximum absolute atomic E-state index is 13.6. The van der Waals surface area contributed by atoms with E-state index in [1.54, 1.807) is 17.4 Å². The molecule has 3 amide bonds. The number of hydrogen-bond acceptors (Lipinski definition) is 11. The lowest BCUT2D eigenvalue weighted by Gasteiger charge is -2.47. The van der Waals surface area contributed by atoms with Gasteiger partial charge in [-0.3, -0.25) is 19.3 Å². The van der Waals surface area contributed by atoms with E-state index in [0.717, 1.165) is 75.7 Å². The summed E-state index contributed by atoms with van der Waals surface area (Å²) in [5.74, 6) is -1.80. The van der Waals surface area contributed by atoms with Crippen LogP contribution in [-0.4, -0.2) is 139 Å². The van der Waals surface area contributed by atoms with Crippen LogP contribution < -0.4 is 15.4 Å². The lowest BCUT2D eigenvalue weighted by atomic mass is 9.89. The molecule has 0 radical (unpaired) electrons. The van der Waals surface area contributed by atoms with Gasteiger partial charge in [0, 0.05) is 55.6 Å². The predicted octanol–water partition coefficient (Wildman–Crippen LogP) is 6.99. The molecule has 14 nitrogen and oxygen atoms in total. The van der Waals surface area contributed by atoms with Crippen molar-refractivity contribution in [2.75, 3.05) is 77.6 Å². The van der Waals surface area contributed by atoms with Gasteiger partial charge in [-0.1, -0.05) is 63.4 Å². The Hall–Kier alpha value is -4.75. The molecule has 1 saturated carbocycles. The van der Waals surface area contributed by atoms with E-state index >= 15 is 0 Å². The van der Waals surface area contributed by atoms with Crippen LogP contribution in [0.1, 0.15) is 103 Å². The van der Waals surface area contributed by atoms with Crippen LogP contribution in [-0.2, 0) is 43.2 Å². The Bertz CT molecular complexity index is 2100. The number of hydrogen-bond donors (Lipinski definition) is 4. The van der Waals surface area contributed by atoms with E-state index in [0.29, 0.717) is 82.7 Å². The normalized spacial score (nSPS) is 17.7. The van der Waals surface area contributed by atoms with Gasteiger partial charge < -0.3 is 44.9 Å². The Morgan fingerprint density at radius 1 is 1.02 bits per heavy atom. The number of anilines is 1. The number of carboxylic acid groups (broad SMARTS) is 1. The highest BCUT2D eigenvalue weighted by Crippen LogP contribution is 2.39. The second kappa shape index (κ2) is 23.8. The number of fused-ring (bicyclic) bond motifs is 1. The largest absolute Gasteiger partial charge is 0.506 e. The first-order valence-corrected chi connectivity index (χ1v) is 24.0. The minimum atomic E-state index is -5.08. The monoisotopic (exact) mass is 943 g/mol. The Balaban J connectivity index is 0.000000952. The summed E-state index contributed by atoms with van der Waals surface area (Å²) in [5.41, 5.74) is 4.32. The van der Waals surface area contributed by atoms with E-state index in [1.165, 1.54) is 22.4 Å². The molecule has 3 fully saturated rings. The van der Waals surface area contributed by atoms with Crippen molar-refractivity contribution in [3.05, 3.63) is 75.0 Å². The van der Waals surface area contributed by atoms with Crippen LogP contribution in [0.3, 0.4) is 0 Å². The van der Waals surface area contributed by atoms with E-state index < -0.39 is 12.1 Å². The van der Waals surface area contributed by atoms with Crippen molar-refractivity contribution in [1.82, 2.24) is 20.0 Å². The van der Waals surface area contributed by atoms with Crippen molar-refractivity contribution in [2.45, 2.75) is 108 Å². The number of amides is 3. The molecule has 3 aliphatic heterocycles. The van der Waals surface area contributed by atoms with Gasteiger partial charge in [-0.2, -0.15) is 13.2 Å². The molecular weight excluding hydrogens is 880 g/mol. The number of ether oxygens (including phenoxy) is 3. The number of carboxylic acids is 1. The number of morpholine rings is 1. The van der Waals surface area contributed by atoms with Crippen LogP contribution in [0.15, 0.2) is 47.8 Å². The van der Waals surface area contributed by atoms with Crippen molar-refractivity contribution in [1.29, 1.82) is 0 Å². The minimum absolute atomic E-state index is 0.00311. The summed E-state index contributed by atoms with van der Waals surface area (Å²) >= 11 is 1.68. The SMILES string of the molecule is CC(C)c1cc(C(=O)N2CCOC3(CCN(Cc4cccc(CCOCCC(=O)N(CCNCCc5ccc(O)c6c5OCC(=O)N6)C5CCCCC5)c4)CC3)C2)cs1.O=C(O)C(F)(F)F. The molecule has 0 unspecified atom stereocenters. The fraction of sp³-hybridized carbons (Fsp3) is 0.583. The van der Waals surface area contributed by atoms with Gasteiger partial charge in [0.2, 0.25) is 5.91 Å². The summed E-state index contributed by atoms with van der Waals surface area (Å²) in [5, 5.41) is 25.5. The first kappa shape index (κ1) is 50.7. The smallest absolute Gasteiger partial charge is 0.490 e. The fourth-order valence-corrected chi connectivity index (χ4v) is 9.89. The van der Waals surface area contributed by atoms with Gasteiger partial charge in [0.25, 0.3) is 11.8 Å². The van der Waals surface area contributed by atoms with E-state index in [4.69, 9.17) is 24.1 Å². The van der Waals surface area contributed by atoms with Crippen molar-refractivity contribution < 1.29 is 56.8 Å². The molecule has 0 bridgehead atoms. The number of aliphatic carboxylic acids is 1. The van der Waals surface area contributed by atoms with E-state index in [9.17, 15) is 32.7 Å². The zero-order valence-corrected chi connectivity index (χ0v) is 38.8. The number of thiophene rings is 1. The minimum Gasteiger partial charge on any atom is -0.506 e. The van der Waals surface area contributed by atoms with Crippen LogP contribution in [0.25, 0.3) is 0 Å². The Labute approximate surface area is 388 Å². The van der Waals surface area contributed by atoms with Gasteiger partial charge in [0.05, 0.1) is 44.0 Å². The van der Waals surface area contributed by atoms with Crippen molar-refractivity contribution in [3.63, 3.8) is 0 Å². The number of nitrogens with zero attached hydrogens (tertiary/aromatic N) is 3. The van der Waals surface area contributed by atoms with E-state index in [2.05, 4.69) is 64.6 Å². The van der Waals surface area contributed by atoms with Crippen molar-refractivity contribution in [2.24, 2.45) is 0 Å². The quantitative estimate of drug-likeness (QED) is 0.0813. The number of phenols is 1. The molecule has 1 aromatic heterocycles. The number of halogens is 3. The number of piperidine rings is 1. The third-order valence-electron chi connectivity index (χ3n) is 12.6. The number of carbonyl (C=O) groups is 4. The number of alkyl halides is 3. The maximum atomic E-state index is 13.6. The number of phenolic OH excluding ortho intramolecular Hbond substituents is 1. The van der Waals surface area contributed by atoms with E-state index in [1.807, 2.05) is 16.3 Å². The molecule has 2 aromatic carbocycles. The number of aromatic hydroxyl groups is 1. The zero-order chi connectivity index (χ0) is 47.3. The van der Waals surface area contributed by atoms with Gasteiger partial charge in [-0.25, -0.2) is 4.79 Å². The van der Waals surface area contributed by atoms with Crippen LogP contribution in [0.5, 0.6) is 11.5 Å². The fourth-order valence-electron chi connectivity index (χ4n) is 8.99. The summed E-state index contributed by atoms with van der Waals surface area (Å²) in [7, 11) is 0. The Kier molecular flexibility index (Phi) is 18.3. The number of rotatable bonds is 17. The third kappa shape index (κ3) is 14.4. The Morgan fingerprint density at radius 2 is 1.76 bits per heavy atom. The number of carbonyl (C=O) groups excluding carboxylic acids is 3. The second-order valence-electron chi connectivity index (χ2n) is 17.8. The highest BCUT2D eigenvalue weighted by Gasteiger charge is 2.41. The topological polar surface area (TPSA) is 170 Å². The van der Waals surface area contributed by atoms with Crippen LogP contribution in [0.2, 0.25) is 0 Å². The molecule has 3 aromatic rings. The predicted molar refractivity (Wildman–Crippen MR) is 244 cm³/mol. The average molecular weight is 944 g/mol. The summed E-state index contributed by atoms with van der Waals surface area (Å²) in [6, 6.07) is 14.5. The molecule has 2 saturated heterocycles. The van der Waals surface area contributed by atoms with Gasteiger partial charge in [0.15, 0.2) is 12.4 Å². The average Bonchev–Trinajstić information content (AvgIpc) is 3.80. The molecule has 4 N–H and O–H groups in total. The molecule has 4 aliphatic rings. The number of nitrogens with one attached hydrogen (secondary N) is 2. The van der Waals surface area contributed by atoms with E-state index in [-0.39, 0.29) is 41.7 Å². The molecule has 0 atom stereocenters. The molecule has 18 heteroatoms. The third-order valence-corrected chi connectivity index (χ3v) is 13.9. The molecule has 362 valence electrons. The molecule has 4 heterocycles. The highest BCUT2D eigenvalue weighted by atomic mass is 32.1. The van der Waals surface area contributed by atoms with Crippen LogP contribution in [0, 0.1) is 0 Å². The molecule has 1 spiro atoms. The lowest BCUT2D eigenvalue weighted by molar-refractivity contribution is -0.192. The number of benzene rings is 2. The second-order valence-corrected chi connectivity index (χ2v) is 18.8. The number of likely N-dealkylation sites (tertiary alicyclic amines) is 1. The van der Waals surface area contributed by atoms with Gasteiger partial charge in [-0.05, 0) is 79.8 Å². The molecular formula is C48H64F3N5O9S. The summed E-state index contributed by atoms with van der Waals surface area (Å²) in [4.78, 5) is 55.4. The van der Waals surface area contributed by atoms with Gasteiger partial charge >= 0.3 is 12.1 Å². The highest BCUT2D eigenvalue weighted by molar-refractivity contribution is 7.10. The molecule has 1 aliphatic carbocycles. The van der Waals surface area contributed by atoms with Crippen LogP contribution >= 0.6 is 11.3 Å².